The highest BCUT2D eigenvalue weighted by Gasteiger charge is 2.36. The van der Waals surface area contributed by atoms with Gasteiger partial charge in [0.1, 0.15) is 0 Å². The number of nitrogens with zero attached hydrogens (tertiary/aromatic N) is 1. The Morgan fingerprint density at radius 2 is 1.83 bits per heavy atom. The summed E-state index contributed by atoms with van der Waals surface area (Å²) < 4.78 is 5.88. The molecule has 0 aromatic heterocycles. The molecule has 1 aliphatic rings. The molecule has 0 unspecified atom stereocenters. The summed E-state index contributed by atoms with van der Waals surface area (Å²) in [6.45, 7) is -0.534. The Balaban J connectivity index is 1.48. The molecule has 1 fully saturated rings. The Kier molecular flexibility index (Phi) is 7.07. The zero-order valence-corrected chi connectivity index (χ0v) is 17.9. The minimum absolute atomic E-state index is 0.0534. The maximum absolute atomic E-state index is 12.3. The van der Waals surface area contributed by atoms with Crippen molar-refractivity contribution in [2.24, 2.45) is 5.92 Å². The van der Waals surface area contributed by atoms with Crippen molar-refractivity contribution in [1.29, 1.82) is 0 Å². The molecule has 2 aromatic carbocycles. The monoisotopic (exact) mass is 493 g/mol. The minimum atomic E-state index is -0.787. The van der Waals surface area contributed by atoms with E-state index in [-0.39, 0.29) is 23.6 Å². The Hall–Kier alpha value is -2.91. The maximum atomic E-state index is 12.3. The summed E-state index contributed by atoms with van der Waals surface area (Å²) in [5, 5.41) is 3.90. The molecule has 30 heavy (non-hydrogen) atoms. The molecule has 1 atom stereocenters. The van der Waals surface area contributed by atoms with Crippen molar-refractivity contribution in [1.82, 2.24) is 10.4 Å². The van der Waals surface area contributed by atoms with Gasteiger partial charge in [-0.05, 0) is 36.4 Å². The van der Waals surface area contributed by atoms with E-state index in [4.69, 9.17) is 16.3 Å². The number of carbonyl (C=O) groups excluding carboxylic acids is 4. The summed E-state index contributed by atoms with van der Waals surface area (Å²) in [6, 6.07) is 13.3. The number of ether oxygens (including phenoxy) is 1. The van der Waals surface area contributed by atoms with Gasteiger partial charge in [-0.1, -0.05) is 39.7 Å². The van der Waals surface area contributed by atoms with Crippen LogP contribution in [0.4, 0.5) is 5.69 Å². The summed E-state index contributed by atoms with van der Waals surface area (Å²) in [4.78, 5) is 48.6. The Morgan fingerprint density at radius 3 is 2.53 bits per heavy atom. The van der Waals surface area contributed by atoms with E-state index in [0.29, 0.717) is 5.69 Å². The fraction of sp³-hybridized carbons (Fsp3) is 0.200. The smallest absolute Gasteiger partial charge is 0.311 e. The summed E-state index contributed by atoms with van der Waals surface area (Å²) in [6.07, 6.45) is -0.129. The average Bonchev–Trinajstić information content (AvgIpc) is 3.08. The van der Waals surface area contributed by atoms with Crippen LogP contribution in [0.5, 0.6) is 0 Å². The quantitative estimate of drug-likeness (QED) is 0.601. The molecule has 2 N–H and O–H groups in total. The molecule has 1 saturated heterocycles. The van der Waals surface area contributed by atoms with Gasteiger partial charge in [-0.25, -0.2) is 0 Å². The molecule has 8 nitrogen and oxygen atoms in total. The van der Waals surface area contributed by atoms with Gasteiger partial charge in [-0.15, -0.1) is 0 Å². The summed E-state index contributed by atoms with van der Waals surface area (Å²) in [7, 11) is 0. The topological polar surface area (TPSA) is 105 Å². The summed E-state index contributed by atoms with van der Waals surface area (Å²) in [5.74, 6) is -2.97. The fourth-order valence-electron chi connectivity index (χ4n) is 2.79. The Labute approximate surface area is 185 Å². The molecule has 1 heterocycles. The molecule has 0 saturated carbocycles. The number of anilines is 1. The van der Waals surface area contributed by atoms with Gasteiger partial charge < -0.3 is 10.1 Å². The standard InChI is InChI=1S/C20H17BrClN3O5/c21-13-5-7-14(8-6-13)23-17(26)11-30-20(29)12-9-18(27)25(10-12)24-19(28)15-3-1-2-4-16(15)22/h1-8,12H,9-11H2,(H,23,26)(H,24,28)/t12-/m1/s1. The van der Waals surface area contributed by atoms with Crippen LogP contribution >= 0.6 is 27.5 Å². The van der Waals surface area contributed by atoms with E-state index in [2.05, 4.69) is 26.7 Å². The van der Waals surface area contributed by atoms with Crippen LogP contribution < -0.4 is 10.7 Å². The number of benzene rings is 2. The normalized spacial score (nSPS) is 15.6. The van der Waals surface area contributed by atoms with Crippen molar-refractivity contribution < 1.29 is 23.9 Å². The van der Waals surface area contributed by atoms with Crippen LogP contribution in [0.25, 0.3) is 0 Å². The zero-order valence-electron chi connectivity index (χ0n) is 15.6. The summed E-state index contributed by atoms with van der Waals surface area (Å²) >= 11 is 9.27. The highest BCUT2D eigenvalue weighted by molar-refractivity contribution is 9.10. The van der Waals surface area contributed by atoms with Gasteiger partial charge in [0.25, 0.3) is 11.8 Å². The van der Waals surface area contributed by atoms with Gasteiger partial charge in [-0.2, -0.15) is 0 Å². The predicted octanol–water partition coefficient (Wildman–Crippen LogP) is 2.78. The molecule has 1 aliphatic heterocycles. The SMILES string of the molecule is O=C(COC(=O)[C@@H]1CC(=O)N(NC(=O)c2ccccc2Cl)C1)Nc1ccc(Br)cc1. The second-order valence-corrected chi connectivity index (χ2v) is 7.81. The fourth-order valence-corrected chi connectivity index (χ4v) is 3.27. The van der Waals surface area contributed by atoms with Gasteiger partial charge in [0, 0.05) is 16.6 Å². The van der Waals surface area contributed by atoms with Crippen LogP contribution in [0, 0.1) is 5.92 Å². The molecular weight excluding hydrogens is 478 g/mol. The van der Waals surface area contributed by atoms with Crippen molar-refractivity contribution in [3.8, 4) is 0 Å². The van der Waals surface area contributed by atoms with E-state index >= 15 is 0 Å². The van der Waals surface area contributed by atoms with Crippen LogP contribution in [0.15, 0.2) is 53.0 Å². The van der Waals surface area contributed by atoms with Crippen LogP contribution in [0.2, 0.25) is 5.02 Å². The highest BCUT2D eigenvalue weighted by Crippen LogP contribution is 2.20. The second kappa shape index (κ2) is 9.73. The second-order valence-electron chi connectivity index (χ2n) is 6.49. The summed E-state index contributed by atoms with van der Waals surface area (Å²) in [5.41, 5.74) is 3.21. The van der Waals surface area contributed by atoms with Crippen molar-refractivity contribution in [2.45, 2.75) is 6.42 Å². The molecule has 3 rings (SSSR count). The number of hydrogen-bond donors (Lipinski definition) is 2. The first-order chi connectivity index (χ1) is 14.3. The van der Waals surface area contributed by atoms with E-state index in [1.807, 2.05) is 0 Å². The Morgan fingerprint density at radius 1 is 1.13 bits per heavy atom. The lowest BCUT2D eigenvalue weighted by atomic mass is 10.1. The lowest BCUT2D eigenvalue weighted by molar-refractivity contribution is -0.151. The van der Waals surface area contributed by atoms with Gasteiger partial charge in [0.15, 0.2) is 6.61 Å². The molecule has 0 spiro atoms. The average molecular weight is 495 g/mol. The first kappa shape index (κ1) is 21.8. The third-order valence-corrected chi connectivity index (χ3v) is 5.15. The van der Waals surface area contributed by atoms with E-state index in [1.54, 1.807) is 42.5 Å². The number of rotatable bonds is 6. The number of hydrazine groups is 1. The highest BCUT2D eigenvalue weighted by atomic mass is 79.9. The molecular formula is C20H17BrClN3O5. The molecule has 2 aromatic rings. The maximum Gasteiger partial charge on any atom is 0.311 e. The molecule has 0 aliphatic carbocycles. The lowest BCUT2D eigenvalue weighted by Gasteiger charge is -2.18. The molecule has 0 radical (unpaired) electrons. The van der Waals surface area contributed by atoms with Crippen molar-refractivity contribution >= 4 is 56.9 Å². The van der Waals surface area contributed by atoms with Crippen LogP contribution in [0.3, 0.4) is 0 Å². The molecule has 3 amide bonds. The number of amides is 3. The Bertz CT molecular complexity index is 983. The number of halogens is 2. The van der Waals surface area contributed by atoms with Gasteiger partial charge in [-0.3, -0.25) is 29.6 Å². The van der Waals surface area contributed by atoms with Crippen LogP contribution in [0.1, 0.15) is 16.8 Å². The molecule has 0 bridgehead atoms. The first-order valence-corrected chi connectivity index (χ1v) is 10.1. The third-order valence-electron chi connectivity index (χ3n) is 4.29. The zero-order chi connectivity index (χ0) is 21.7. The molecule has 156 valence electrons. The van der Waals surface area contributed by atoms with Gasteiger partial charge >= 0.3 is 5.97 Å². The largest absolute Gasteiger partial charge is 0.455 e. The van der Waals surface area contributed by atoms with E-state index in [1.165, 1.54) is 6.07 Å². The van der Waals surface area contributed by atoms with E-state index in [0.717, 1.165) is 9.48 Å². The van der Waals surface area contributed by atoms with Crippen molar-refractivity contribution in [3.05, 3.63) is 63.6 Å². The van der Waals surface area contributed by atoms with E-state index < -0.39 is 36.2 Å². The first-order valence-electron chi connectivity index (χ1n) is 8.91. The molecule has 10 heteroatoms. The van der Waals surface area contributed by atoms with Gasteiger partial charge in [0.05, 0.1) is 23.0 Å². The third kappa shape index (κ3) is 5.58. The number of esters is 1. The van der Waals surface area contributed by atoms with Crippen LogP contribution in [-0.2, 0) is 19.1 Å². The number of carbonyl (C=O) groups is 4. The minimum Gasteiger partial charge on any atom is -0.455 e. The predicted molar refractivity (Wildman–Crippen MR) is 112 cm³/mol. The van der Waals surface area contributed by atoms with Gasteiger partial charge in [0.2, 0.25) is 5.91 Å². The number of nitrogens with one attached hydrogen (secondary N) is 2. The van der Waals surface area contributed by atoms with Crippen LogP contribution in [-0.4, -0.2) is 41.9 Å². The number of hydrogen-bond acceptors (Lipinski definition) is 5. The lowest BCUT2D eigenvalue weighted by Crippen LogP contribution is -2.43. The van der Waals surface area contributed by atoms with Crippen molar-refractivity contribution in [2.75, 3.05) is 18.5 Å². The van der Waals surface area contributed by atoms with E-state index in [9.17, 15) is 19.2 Å². The van der Waals surface area contributed by atoms with Crippen molar-refractivity contribution in [3.63, 3.8) is 0 Å².